The van der Waals surface area contributed by atoms with Gasteiger partial charge in [-0.1, -0.05) is 6.07 Å². The van der Waals surface area contributed by atoms with Gasteiger partial charge in [-0.25, -0.2) is 4.79 Å². The van der Waals surface area contributed by atoms with Gasteiger partial charge < -0.3 is 20.1 Å². The highest BCUT2D eigenvalue weighted by Crippen LogP contribution is 2.19. The second-order valence-electron chi connectivity index (χ2n) is 5.06. The molecular formula is C15H20N2O4. The van der Waals surface area contributed by atoms with Crippen molar-refractivity contribution in [2.45, 2.75) is 25.5 Å². The molecule has 1 saturated heterocycles. The highest BCUT2D eigenvalue weighted by Gasteiger charge is 2.29. The number of rotatable bonds is 4. The Morgan fingerprint density at radius 3 is 2.71 bits per heavy atom. The standard InChI is InChI=1S/C15H20N2O4/c1-9-4-5-10(15(19)21-3)6-12(9)17-14(18)13-7-11(20-2)8-16-13/h4-6,11,13,16H,7-8H2,1-3H3,(H,17,18). The van der Waals surface area contributed by atoms with Crippen molar-refractivity contribution in [3.8, 4) is 0 Å². The largest absolute Gasteiger partial charge is 0.465 e. The summed E-state index contributed by atoms with van der Waals surface area (Å²) in [6.45, 7) is 2.53. The summed E-state index contributed by atoms with van der Waals surface area (Å²) >= 11 is 0. The van der Waals surface area contributed by atoms with Crippen molar-refractivity contribution in [2.75, 3.05) is 26.1 Å². The van der Waals surface area contributed by atoms with Gasteiger partial charge in [0.25, 0.3) is 0 Å². The van der Waals surface area contributed by atoms with Crippen LogP contribution in [0.2, 0.25) is 0 Å². The maximum Gasteiger partial charge on any atom is 0.337 e. The number of benzene rings is 1. The molecule has 2 N–H and O–H groups in total. The first kappa shape index (κ1) is 15.5. The van der Waals surface area contributed by atoms with E-state index < -0.39 is 5.97 Å². The first-order valence-electron chi connectivity index (χ1n) is 6.81. The van der Waals surface area contributed by atoms with E-state index in [4.69, 9.17) is 4.74 Å². The molecular weight excluding hydrogens is 272 g/mol. The normalized spacial score (nSPS) is 21.1. The third-order valence-electron chi connectivity index (χ3n) is 3.66. The molecule has 1 fully saturated rings. The molecule has 0 aliphatic carbocycles. The molecule has 2 rings (SSSR count). The lowest BCUT2D eigenvalue weighted by atomic mass is 10.1. The van der Waals surface area contributed by atoms with E-state index in [1.165, 1.54) is 7.11 Å². The van der Waals surface area contributed by atoms with Crippen LogP contribution >= 0.6 is 0 Å². The van der Waals surface area contributed by atoms with Crippen LogP contribution in [-0.2, 0) is 14.3 Å². The van der Waals surface area contributed by atoms with Gasteiger partial charge in [0.1, 0.15) is 0 Å². The molecule has 0 saturated carbocycles. The summed E-state index contributed by atoms with van der Waals surface area (Å²) in [5.41, 5.74) is 1.91. The van der Waals surface area contributed by atoms with Gasteiger partial charge in [-0.2, -0.15) is 0 Å². The minimum Gasteiger partial charge on any atom is -0.465 e. The fraction of sp³-hybridized carbons (Fsp3) is 0.467. The number of carbonyl (C=O) groups excluding carboxylic acids is 2. The first-order valence-corrected chi connectivity index (χ1v) is 6.81. The van der Waals surface area contributed by atoms with Crippen LogP contribution in [-0.4, -0.2) is 44.8 Å². The van der Waals surface area contributed by atoms with Gasteiger partial charge in [0.05, 0.1) is 24.8 Å². The average Bonchev–Trinajstić information content (AvgIpc) is 2.97. The zero-order valence-electron chi connectivity index (χ0n) is 12.4. The van der Waals surface area contributed by atoms with E-state index >= 15 is 0 Å². The minimum atomic E-state index is -0.427. The Kier molecular flexibility index (Phi) is 4.93. The van der Waals surface area contributed by atoms with Crippen LogP contribution in [0.15, 0.2) is 18.2 Å². The highest BCUT2D eigenvalue weighted by atomic mass is 16.5. The molecule has 1 amide bonds. The molecule has 2 atom stereocenters. The fourth-order valence-corrected chi connectivity index (χ4v) is 2.30. The number of hydrogen-bond donors (Lipinski definition) is 2. The zero-order valence-corrected chi connectivity index (χ0v) is 12.4. The molecule has 6 nitrogen and oxygen atoms in total. The van der Waals surface area contributed by atoms with Crippen LogP contribution in [0.25, 0.3) is 0 Å². The molecule has 1 aliphatic rings. The van der Waals surface area contributed by atoms with Crippen LogP contribution in [0.4, 0.5) is 5.69 Å². The highest BCUT2D eigenvalue weighted by molar-refractivity contribution is 5.97. The van der Waals surface area contributed by atoms with Gasteiger partial charge in [0.15, 0.2) is 0 Å². The van der Waals surface area contributed by atoms with Crippen molar-refractivity contribution in [1.82, 2.24) is 5.32 Å². The number of carbonyl (C=O) groups is 2. The van der Waals surface area contributed by atoms with Crippen LogP contribution in [0, 0.1) is 6.92 Å². The van der Waals surface area contributed by atoms with E-state index in [0.717, 1.165) is 5.56 Å². The molecule has 1 heterocycles. The molecule has 6 heteroatoms. The van der Waals surface area contributed by atoms with E-state index in [9.17, 15) is 9.59 Å². The molecule has 0 aromatic heterocycles. The molecule has 114 valence electrons. The van der Waals surface area contributed by atoms with Crippen molar-refractivity contribution in [3.63, 3.8) is 0 Å². The number of esters is 1. The van der Waals surface area contributed by atoms with Gasteiger partial charge in [0.2, 0.25) is 5.91 Å². The Morgan fingerprint density at radius 1 is 1.33 bits per heavy atom. The number of amides is 1. The van der Waals surface area contributed by atoms with Gasteiger partial charge in [-0.3, -0.25) is 4.79 Å². The Morgan fingerprint density at radius 2 is 2.10 bits per heavy atom. The van der Waals surface area contributed by atoms with Crippen LogP contribution < -0.4 is 10.6 Å². The van der Waals surface area contributed by atoms with Gasteiger partial charge in [-0.15, -0.1) is 0 Å². The molecule has 1 aliphatic heterocycles. The molecule has 1 aromatic carbocycles. The lowest BCUT2D eigenvalue weighted by Crippen LogP contribution is -2.35. The number of methoxy groups -OCH3 is 2. The van der Waals surface area contributed by atoms with Gasteiger partial charge in [0, 0.05) is 19.3 Å². The predicted octanol–water partition coefficient (Wildman–Crippen LogP) is 1.10. The summed E-state index contributed by atoms with van der Waals surface area (Å²) < 4.78 is 9.91. The quantitative estimate of drug-likeness (QED) is 0.813. The summed E-state index contributed by atoms with van der Waals surface area (Å²) in [5.74, 6) is -0.552. The van der Waals surface area contributed by atoms with Crippen LogP contribution in [0.3, 0.4) is 0 Å². The average molecular weight is 292 g/mol. The Hall–Kier alpha value is -1.92. The van der Waals surface area contributed by atoms with Crippen LogP contribution in [0.1, 0.15) is 22.3 Å². The van der Waals surface area contributed by atoms with Crippen molar-refractivity contribution in [3.05, 3.63) is 29.3 Å². The number of ether oxygens (including phenoxy) is 2. The van der Waals surface area contributed by atoms with E-state index in [-0.39, 0.29) is 18.1 Å². The van der Waals surface area contributed by atoms with Gasteiger partial charge >= 0.3 is 5.97 Å². The second-order valence-corrected chi connectivity index (χ2v) is 5.06. The predicted molar refractivity (Wildman–Crippen MR) is 78.4 cm³/mol. The number of aryl methyl sites for hydroxylation is 1. The third kappa shape index (κ3) is 3.59. The lowest BCUT2D eigenvalue weighted by molar-refractivity contribution is -0.118. The number of hydrogen-bond acceptors (Lipinski definition) is 5. The number of nitrogens with one attached hydrogen (secondary N) is 2. The molecule has 1 aromatic rings. The SMILES string of the molecule is COC(=O)c1ccc(C)c(NC(=O)C2CC(OC)CN2)c1. The van der Waals surface area contributed by atoms with E-state index in [2.05, 4.69) is 15.4 Å². The molecule has 0 bridgehead atoms. The summed E-state index contributed by atoms with van der Waals surface area (Å²) in [6.07, 6.45) is 0.696. The topological polar surface area (TPSA) is 76.7 Å². The Balaban J connectivity index is 2.08. The van der Waals surface area contributed by atoms with E-state index in [1.54, 1.807) is 25.3 Å². The molecule has 0 radical (unpaired) electrons. The zero-order chi connectivity index (χ0) is 15.4. The molecule has 2 unspecified atom stereocenters. The second kappa shape index (κ2) is 6.69. The van der Waals surface area contributed by atoms with E-state index in [1.807, 2.05) is 6.92 Å². The molecule has 0 spiro atoms. The smallest absolute Gasteiger partial charge is 0.337 e. The van der Waals surface area contributed by atoms with Crippen LogP contribution in [0.5, 0.6) is 0 Å². The minimum absolute atomic E-state index is 0.0586. The Bertz CT molecular complexity index is 544. The van der Waals surface area contributed by atoms with Crippen molar-refractivity contribution in [2.24, 2.45) is 0 Å². The summed E-state index contributed by atoms with van der Waals surface area (Å²) in [6, 6.07) is 4.80. The fourth-order valence-electron chi connectivity index (χ4n) is 2.30. The summed E-state index contributed by atoms with van der Waals surface area (Å²) in [4.78, 5) is 23.8. The van der Waals surface area contributed by atoms with Crippen molar-refractivity contribution < 1.29 is 19.1 Å². The third-order valence-corrected chi connectivity index (χ3v) is 3.66. The van der Waals surface area contributed by atoms with Crippen molar-refractivity contribution >= 4 is 17.6 Å². The van der Waals surface area contributed by atoms with E-state index in [0.29, 0.717) is 24.2 Å². The lowest BCUT2D eigenvalue weighted by Gasteiger charge is -2.14. The maximum atomic E-state index is 12.2. The Labute approximate surface area is 123 Å². The summed E-state index contributed by atoms with van der Waals surface area (Å²) in [7, 11) is 2.96. The first-order chi connectivity index (χ1) is 10.0. The number of anilines is 1. The van der Waals surface area contributed by atoms with Crippen molar-refractivity contribution in [1.29, 1.82) is 0 Å². The maximum absolute atomic E-state index is 12.2. The van der Waals surface area contributed by atoms with Gasteiger partial charge in [-0.05, 0) is 31.0 Å². The summed E-state index contributed by atoms with van der Waals surface area (Å²) in [5, 5.41) is 5.97. The monoisotopic (exact) mass is 292 g/mol. The molecule has 21 heavy (non-hydrogen) atoms.